The normalized spacial score (nSPS) is 26.7. The van der Waals surface area contributed by atoms with Crippen molar-refractivity contribution in [2.45, 2.75) is 45.6 Å². The fraction of sp³-hybridized carbons (Fsp3) is 0.917. The van der Waals surface area contributed by atoms with Crippen molar-refractivity contribution in [3.63, 3.8) is 0 Å². The molecule has 0 heterocycles. The summed E-state index contributed by atoms with van der Waals surface area (Å²) >= 11 is 0. The smallest absolute Gasteiger partial charge is 0.320 e. The van der Waals surface area contributed by atoms with Crippen LogP contribution in [0.2, 0.25) is 0 Å². The third-order valence-corrected chi connectivity index (χ3v) is 3.45. The van der Waals surface area contributed by atoms with Crippen LogP contribution in [0.25, 0.3) is 0 Å². The van der Waals surface area contributed by atoms with E-state index in [4.69, 9.17) is 5.11 Å². The maximum atomic E-state index is 11.1. The van der Waals surface area contributed by atoms with E-state index in [0.717, 1.165) is 37.6 Å². The maximum Gasteiger partial charge on any atom is 0.320 e. The number of carboxylic acids is 1. The number of carboxylic acid groups (broad SMARTS) is 1. The van der Waals surface area contributed by atoms with Crippen LogP contribution in [0.3, 0.4) is 0 Å². The third kappa shape index (κ3) is 3.82. The summed E-state index contributed by atoms with van der Waals surface area (Å²) in [6, 6.07) is -0.280. The fourth-order valence-corrected chi connectivity index (χ4v) is 2.08. The largest absolute Gasteiger partial charge is 0.480 e. The molecule has 0 aromatic rings. The van der Waals surface area contributed by atoms with Gasteiger partial charge in [0.1, 0.15) is 6.04 Å². The van der Waals surface area contributed by atoms with Gasteiger partial charge in [0, 0.05) is 6.54 Å². The van der Waals surface area contributed by atoms with Crippen molar-refractivity contribution >= 4 is 5.97 Å². The van der Waals surface area contributed by atoms with E-state index >= 15 is 0 Å². The predicted molar refractivity (Wildman–Crippen MR) is 60.8 cm³/mol. The van der Waals surface area contributed by atoms with Gasteiger partial charge >= 0.3 is 5.97 Å². The number of likely N-dealkylation sites (N-methyl/N-ethyl adjacent to an activating group) is 1. The van der Waals surface area contributed by atoms with E-state index in [1.165, 1.54) is 6.42 Å². The first kappa shape index (κ1) is 12.5. The highest BCUT2D eigenvalue weighted by atomic mass is 16.4. The van der Waals surface area contributed by atoms with Gasteiger partial charge in [-0.1, -0.05) is 26.7 Å². The molecule has 0 radical (unpaired) electrons. The first-order valence-electron chi connectivity index (χ1n) is 5.99. The third-order valence-electron chi connectivity index (χ3n) is 3.45. The summed E-state index contributed by atoms with van der Waals surface area (Å²) in [4.78, 5) is 13.1. The van der Waals surface area contributed by atoms with Gasteiger partial charge < -0.3 is 5.11 Å². The van der Waals surface area contributed by atoms with Crippen molar-refractivity contribution in [3.05, 3.63) is 0 Å². The van der Waals surface area contributed by atoms with Gasteiger partial charge in [0.25, 0.3) is 0 Å². The van der Waals surface area contributed by atoms with Crippen molar-refractivity contribution in [2.24, 2.45) is 11.8 Å². The van der Waals surface area contributed by atoms with E-state index in [2.05, 4.69) is 13.8 Å². The second-order valence-corrected chi connectivity index (χ2v) is 4.91. The number of hydrogen-bond donors (Lipinski definition) is 1. The lowest BCUT2D eigenvalue weighted by Crippen LogP contribution is -2.39. The van der Waals surface area contributed by atoms with Gasteiger partial charge in [-0.15, -0.1) is 0 Å². The molecule has 0 aromatic carbocycles. The second kappa shape index (κ2) is 5.50. The molecule has 15 heavy (non-hydrogen) atoms. The average molecular weight is 213 g/mol. The number of carbonyl (C=O) groups is 1. The lowest BCUT2D eigenvalue weighted by atomic mass is 10.1. The van der Waals surface area contributed by atoms with Crippen molar-refractivity contribution in [1.29, 1.82) is 0 Å². The van der Waals surface area contributed by atoms with Crippen LogP contribution < -0.4 is 0 Å². The Labute approximate surface area is 92.5 Å². The van der Waals surface area contributed by atoms with Gasteiger partial charge in [0.15, 0.2) is 0 Å². The molecule has 3 heteroatoms. The van der Waals surface area contributed by atoms with Gasteiger partial charge in [-0.2, -0.15) is 0 Å². The number of aliphatic carboxylic acids is 1. The van der Waals surface area contributed by atoms with Crippen molar-refractivity contribution in [1.82, 2.24) is 4.90 Å². The standard InChI is InChI=1S/C12H23NO2/c1-4-5-6-11(12(14)15)13(3)8-10-7-9(10)2/h9-11H,4-8H2,1-3H3,(H,14,15). The van der Waals surface area contributed by atoms with Gasteiger partial charge in [-0.25, -0.2) is 0 Å². The Morgan fingerprint density at radius 1 is 1.60 bits per heavy atom. The Kier molecular flexibility index (Phi) is 4.58. The zero-order chi connectivity index (χ0) is 11.4. The fourth-order valence-electron chi connectivity index (χ4n) is 2.08. The highest BCUT2D eigenvalue weighted by Crippen LogP contribution is 2.38. The van der Waals surface area contributed by atoms with Gasteiger partial charge in [-0.05, 0) is 31.7 Å². The zero-order valence-corrected chi connectivity index (χ0v) is 10.1. The first-order valence-corrected chi connectivity index (χ1v) is 5.99. The molecule has 0 aliphatic heterocycles. The Balaban J connectivity index is 2.36. The molecular weight excluding hydrogens is 190 g/mol. The molecule has 0 amide bonds. The molecular formula is C12H23NO2. The van der Waals surface area contributed by atoms with Crippen LogP contribution in [0.5, 0.6) is 0 Å². The van der Waals surface area contributed by atoms with Crippen molar-refractivity contribution < 1.29 is 9.90 Å². The molecule has 0 bridgehead atoms. The average Bonchev–Trinajstić information content (AvgIpc) is 2.81. The van der Waals surface area contributed by atoms with Crippen LogP contribution in [0.1, 0.15) is 39.5 Å². The van der Waals surface area contributed by atoms with Crippen LogP contribution in [0.4, 0.5) is 0 Å². The van der Waals surface area contributed by atoms with Crippen LogP contribution in [-0.2, 0) is 4.79 Å². The minimum absolute atomic E-state index is 0.280. The molecule has 1 fully saturated rings. The molecule has 1 aliphatic rings. The molecule has 1 N–H and O–H groups in total. The minimum Gasteiger partial charge on any atom is -0.480 e. The molecule has 3 unspecified atom stereocenters. The molecule has 0 saturated heterocycles. The van der Waals surface area contributed by atoms with E-state index in [-0.39, 0.29) is 6.04 Å². The number of unbranched alkanes of at least 4 members (excludes halogenated alkanes) is 1. The molecule has 88 valence electrons. The molecule has 1 saturated carbocycles. The van der Waals surface area contributed by atoms with Crippen LogP contribution in [0, 0.1) is 11.8 Å². The Morgan fingerprint density at radius 2 is 2.20 bits per heavy atom. The molecule has 0 aromatic heterocycles. The highest BCUT2D eigenvalue weighted by molar-refractivity contribution is 5.73. The SMILES string of the molecule is CCCCC(C(=O)O)N(C)CC1CC1C. The second-order valence-electron chi connectivity index (χ2n) is 4.91. The number of nitrogens with zero attached hydrogens (tertiary/aromatic N) is 1. The van der Waals surface area contributed by atoms with Crippen LogP contribution >= 0.6 is 0 Å². The summed E-state index contributed by atoms with van der Waals surface area (Å²) in [6.45, 7) is 5.28. The summed E-state index contributed by atoms with van der Waals surface area (Å²) in [5, 5.41) is 9.13. The van der Waals surface area contributed by atoms with E-state index < -0.39 is 5.97 Å². The summed E-state index contributed by atoms with van der Waals surface area (Å²) in [5.74, 6) is 0.866. The molecule has 3 nitrogen and oxygen atoms in total. The van der Waals surface area contributed by atoms with Crippen molar-refractivity contribution in [2.75, 3.05) is 13.6 Å². The van der Waals surface area contributed by atoms with Crippen LogP contribution in [0.15, 0.2) is 0 Å². The Hall–Kier alpha value is -0.570. The van der Waals surface area contributed by atoms with E-state index in [9.17, 15) is 4.79 Å². The van der Waals surface area contributed by atoms with Gasteiger partial charge in [0.05, 0.1) is 0 Å². The van der Waals surface area contributed by atoms with Gasteiger partial charge in [0.2, 0.25) is 0 Å². The zero-order valence-electron chi connectivity index (χ0n) is 10.1. The van der Waals surface area contributed by atoms with E-state index in [0.29, 0.717) is 0 Å². The maximum absolute atomic E-state index is 11.1. The summed E-state index contributed by atoms with van der Waals surface area (Å²) in [5.41, 5.74) is 0. The molecule has 1 aliphatic carbocycles. The van der Waals surface area contributed by atoms with Gasteiger partial charge in [-0.3, -0.25) is 9.69 Å². The molecule has 0 spiro atoms. The van der Waals surface area contributed by atoms with E-state index in [1.54, 1.807) is 0 Å². The lowest BCUT2D eigenvalue weighted by molar-refractivity contribution is -0.143. The summed E-state index contributed by atoms with van der Waals surface area (Å²) in [7, 11) is 1.94. The minimum atomic E-state index is -0.667. The quantitative estimate of drug-likeness (QED) is 0.705. The monoisotopic (exact) mass is 213 g/mol. The highest BCUT2D eigenvalue weighted by Gasteiger charge is 2.35. The van der Waals surface area contributed by atoms with E-state index in [1.807, 2.05) is 11.9 Å². The Morgan fingerprint density at radius 3 is 2.60 bits per heavy atom. The number of rotatable bonds is 7. The number of hydrogen-bond acceptors (Lipinski definition) is 2. The lowest BCUT2D eigenvalue weighted by Gasteiger charge is -2.24. The molecule has 1 rings (SSSR count). The topological polar surface area (TPSA) is 40.5 Å². The Bertz CT molecular complexity index is 218. The first-order chi connectivity index (χ1) is 7.06. The predicted octanol–water partition coefficient (Wildman–Crippen LogP) is 2.22. The molecule has 3 atom stereocenters. The van der Waals surface area contributed by atoms with Crippen molar-refractivity contribution in [3.8, 4) is 0 Å². The summed E-state index contributed by atoms with van der Waals surface area (Å²) < 4.78 is 0. The van der Waals surface area contributed by atoms with Crippen LogP contribution in [-0.4, -0.2) is 35.6 Å². The summed E-state index contributed by atoms with van der Waals surface area (Å²) in [6.07, 6.45) is 4.12.